The minimum Gasteiger partial charge on any atom is -0.493 e. The summed E-state index contributed by atoms with van der Waals surface area (Å²) in [7, 11) is -1.92. The monoisotopic (exact) mass is 482 g/mol. The van der Waals surface area contributed by atoms with Crippen molar-refractivity contribution in [3.8, 4) is 11.5 Å². The third kappa shape index (κ3) is 6.97. The number of amidine groups is 1. The largest absolute Gasteiger partial charge is 0.493 e. The van der Waals surface area contributed by atoms with Crippen LogP contribution in [0.2, 0.25) is 0 Å². The first-order chi connectivity index (χ1) is 16.3. The number of rotatable bonds is 12. The molecule has 0 bridgehead atoms. The lowest BCUT2D eigenvalue weighted by atomic mass is 10.1. The van der Waals surface area contributed by atoms with Gasteiger partial charge >= 0.3 is 0 Å². The van der Waals surface area contributed by atoms with E-state index in [2.05, 4.69) is 10.0 Å². The number of sulfonamides is 1. The second-order valence-electron chi connectivity index (χ2n) is 7.63. The summed E-state index contributed by atoms with van der Waals surface area (Å²) in [6.07, 6.45) is 0. The molecule has 9 heteroatoms. The van der Waals surface area contributed by atoms with Gasteiger partial charge in [0.05, 0.1) is 18.9 Å². The van der Waals surface area contributed by atoms with Crippen molar-refractivity contribution in [2.45, 2.75) is 19.6 Å². The molecule has 0 aromatic heterocycles. The van der Waals surface area contributed by atoms with E-state index in [1.165, 1.54) is 0 Å². The molecule has 34 heavy (non-hydrogen) atoms. The second kappa shape index (κ2) is 11.5. The minimum atomic E-state index is -3.47. The summed E-state index contributed by atoms with van der Waals surface area (Å²) in [6, 6.07) is 21.7. The van der Waals surface area contributed by atoms with E-state index in [4.69, 9.17) is 20.6 Å². The van der Waals surface area contributed by atoms with Crippen molar-refractivity contribution in [1.82, 2.24) is 4.72 Å². The molecule has 0 fully saturated rings. The molecule has 0 heterocycles. The van der Waals surface area contributed by atoms with Gasteiger partial charge in [0.25, 0.3) is 0 Å². The zero-order valence-corrected chi connectivity index (χ0v) is 20.1. The van der Waals surface area contributed by atoms with Gasteiger partial charge in [-0.25, -0.2) is 13.1 Å². The fraction of sp³-hybridized carbons (Fsp3) is 0.240. The molecule has 0 spiro atoms. The summed E-state index contributed by atoms with van der Waals surface area (Å²) in [6.45, 7) is 2.28. The zero-order valence-electron chi connectivity index (χ0n) is 19.2. The first-order valence-electron chi connectivity index (χ1n) is 10.8. The smallest absolute Gasteiger partial charge is 0.211 e. The van der Waals surface area contributed by atoms with Crippen molar-refractivity contribution < 1.29 is 17.9 Å². The van der Waals surface area contributed by atoms with Crippen LogP contribution in [0.3, 0.4) is 0 Å². The quantitative estimate of drug-likeness (QED) is 0.231. The molecule has 3 rings (SSSR count). The molecule has 0 aliphatic carbocycles. The fourth-order valence-electron chi connectivity index (χ4n) is 3.27. The van der Waals surface area contributed by atoms with Crippen molar-refractivity contribution in [2.75, 3.05) is 24.7 Å². The Kier molecular flexibility index (Phi) is 8.50. The summed E-state index contributed by atoms with van der Waals surface area (Å²) in [5.74, 6) is 1.04. The molecule has 3 aromatic rings. The number of nitrogen functional groups attached to an aromatic ring is 1. The molecule has 180 valence electrons. The lowest BCUT2D eigenvalue weighted by Gasteiger charge is -2.21. The number of nitrogens with two attached hydrogens (primary N) is 1. The molecule has 0 aliphatic heterocycles. The Morgan fingerprint density at radius 3 is 2.35 bits per heavy atom. The van der Waals surface area contributed by atoms with Gasteiger partial charge in [-0.3, -0.25) is 5.41 Å². The predicted octanol–water partition coefficient (Wildman–Crippen LogP) is 3.65. The molecular formula is C25H30N4O4S. The zero-order chi connectivity index (χ0) is 24.6. The molecule has 0 saturated carbocycles. The average Bonchev–Trinajstić information content (AvgIpc) is 2.86. The number of hydrogen-bond acceptors (Lipinski definition) is 6. The number of methoxy groups -OCH3 is 1. The molecule has 8 nitrogen and oxygen atoms in total. The summed E-state index contributed by atoms with van der Waals surface area (Å²) < 4.78 is 38.9. The molecule has 0 radical (unpaired) electrons. The summed E-state index contributed by atoms with van der Waals surface area (Å²) in [5, 5.41) is 10.7. The maximum absolute atomic E-state index is 12.4. The highest BCUT2D eigenvalue weighted by Crippen LogP contribution is 2.31. The van der Waals surface area contributed by atoms with E-state index >= 15 is 0 Å². The maximum Gasteiger partial charge on any atom is 0.211 e. The van der Waals surface area contributed by atoms with Crippen LogP contribution in [0.25, 0.3) is 0 Å². The van der Waals surface area contributed by atoms with E-state index in [0.29, 0.717) is 30.2 Å². The van der Waals surface area contributed by atoms with Crippen LogP contribution >= 0.6 is 0 Å². The lowest BCUT2D eigenvalue weighted by molar-refractivity contribution is 0.284. The van der Waals surface area contributed by atoms with Gasteiger partial charge in [0.1, 0.15) is 12.4 Å². The fourth-order valence-corrected chi connectivity index (χ4v) is 4.09. The number of nitrogens with one attached hydrogen (secondary N) is 3. The Balaban J connectivity index is 1.79. The van der Waals surface area contributed by atoms with Crippen LogP contribution in [0.5, 0.6) is 11.5 Å². The Morgan fingerprint density at radius 2 is 1.74 bits per heavy atom. The number of benzene rings is 3. The van der Waals surface area contributed by atoms with Gasteiger partial charge in [-0.2, -0.15) is 0 Å². The normalized spacial score (nSPS) is 12.1. The number of hydrogen-bond donors (Lipinski definition) is 4. The van der Waals surface area contributed by atoms with Crippen LogP contribution in [0.1, 0.15) is 29.7 Å². The van der Waals surface area contributed by atoms with Crippen LogP contribution in [0.4, 0.5) is 5.69 Å². The van der Waals surface area contributed by atoms with E-state index in [-0.39, 0.29) is 11.6 Å². The summed E-state index contributed by atoms with van der Waals surface area (Å²) >= 11 is 0. The van der Waals surface area contributed by atoms with Gasteiger partial charge in [0.15, 0.2) is 11.5 Å². The highest BCUT2D eigenvalue weighted by Gasteiger charge is 2.20. The highest BCUT2D eigenvalue weighted by molar-refractivity contribution is 7.89. The molecule has 1 atom stereocenters. The number of anilines is 1. The van der Waals surface area contributed by atoms with Crippen molar-refractivity contribution >= 4 is 21.5 Å². The Morgan fingerprint density at radius 1 is 1.03 bits per heavy atom. The standard InChI is InChI=1S/C25H30N4O4S/c1-3-34(30,31)29-22(16-28-21-12-9-19(10-13-21)25(26)27)20-11-14-23(24(15-20)32-2)33-17-18-7-5-4-6-8-18/h4-15,22,28-29H,3,16-17H2,1-2H3,(H3,26,27). The van der Waals surface area contributed by atoms with Crippen LogP contribution in [0.15, 0.2) is 72.8 Å². The van der Waals surface area contributed by atoms with E-state index in [9.17, 15) is 8.42 Å². The molecule has 5 N–H and O–H groups in total. The third-order valence-corrected chi connectivity index (χ3v) is 6.64. The van der Waals surface area contributed by atoms with Crippen molar-refractivity contribution in [3.05, 3.63) is 89.5 Å². The minimum absolute atomic E-state index is 0.0122. The topological polar surface area (TPSA) is 127 Å². The Bertz CT molecular complexity index is 1200. The van der Waals surface area contributed by atoms with Gasteiger partial charge < -0.3 is 20.5 Å². The SMILES string of the molecule is CCS(=O)(=O)NC(CNc1ccc(C(=N)N)cc1)c1ccc(OCc2ccccc2)c(OC)c1. The van der Waals surface area contributed by atoms with E-state index < -0.39 is 16.1 Å². The summed E-state index contributed by atoms with van der Waals surface area (Å²) in [5.41, 5.74) is 8.66. The van der Waals surface area contributed by atoms with E-state index in [0.717, 1.165) is 16.8 Å². The lowest BCUT2D eigenvalue weighted by Crippen LogP contribution is -2.34. The third-order valence-electron chi connectivity index (χ3n) is 5.24. The molecule has 3 aromatic carbocycles. The van der Waals surface area contributed by atoms with Crippen molar-refractivity contribution in [2.24, 2.45) is 5.73 Å². The van der Waals surface area contributed by atoms with Gasteiger partial charge in [-0.1, -0.05) is 36.4 Å². The number of ether oxygens (including phenoxy) is 2. The highest BCUT2D eigenvalue weighted by atomic mass is 32.2. The Labute approximate surface area is 200 Å². The van der Waals surface area contributed by atoms with Crippen molar-refractivity contribution in [1.29, 1.82) is 5.41 Å². The maximum atomic E-state index is 12.4. The molecule has 0 aliphatic rings. The van der Waals surface area contributed by atoms with Crippen LogP contribution in [-0.4, -0.2) is 33.7 Å². The molecular weight excluding hydrogens is 452 g/mol. The first kappa shape index (κ1) is 25.1. The molecule has 0 saturated heterocycles. The van der Waals surface area contributed by atoms with E-state index in [1.807, 2.05) is 36.4 Å². The molecule has 0 amide bonds. The second-order valence-corrected chi connectivity index (χ2v) is 9.67. The van der Waals surface area contributed by atoms with Gasteiger partial charge in [-0.05, 0) is 54.4 Å². The predicted molar refractivity (Wildman–Crippen MR) is 135 cm³/mol. The van der Waals surface area contributed by atoms with Crippen molar-refractivity contribution in [3.63, 3.8) is 0 Å². The van der Waals surface area contributed by atoms with Crippen LogP contribution < -0.4 is 25.2 Å². The van der Waals surface area contributed by atoms with Gasteiger partial charge in [0.2, 0.25) is 10.0 Å². The average molecular weight is 483 g/mol. The summed E-state index contributed by atoms with van der Waals surface area (Å²) in [4.78, 5) is 0. The Hall–Kier alpha value is -3.56. The first-order valence-corrected chi connectivity index (χ1v) is 12.5. The van der Waals surface area contributed by atoms with E-state index in [1.54, 1.807) is 50.4 Å². The van der Waals surface area contributed by atoms with Gasteiger partial charge in [-0.15, -0.1) is 0 Å². The molecule has 1 unspecified atom stereocenters. The van der Waals surface area contributed by atoms with Crippen LogP contribution in [0, 0.1) is 5.41 Å². The van der Waals surface area contributed by atoms with Crippen LogP contribution in [-0.2, 0) is 16.6 Å². The van der Waals surface area contributed by atoms with Gasteiger partial charge in [0, 0.05) is 17.8 Å².